The van der Waals surface area contributed by atoms with E-state index in [1.54, 1.807) is 13.0 Å². The second kappa shape index (κ2) is 6.10. The molecule has 0 saturated carbocycles. The standard InChI is InChI=1S/C12H16N4O4S/c1-3-20-11-5-4-9(6-13-11)16-21(18,19)12-10(7-17)8(2)14-15-12/h4-6,16-17H,3,7H2,1-2H3,(H,14,15). The van der Waals surface area contributed by atoms with Crippen LogP contribution in [0.3, 0.4) is 0 Å². The number of aromatic nitrogens is 3. The van der Waals surface area contributed by atoms with Crippen molar-refractivity contribution in [2.45, 2.75) is 25.5 Å². The predicted octanol–water partition coefficient (Wildman–Crippen LogP) is 0.805. The maximum absolute atomic E-state index is 12.2. The van der Waals surface area contributed by atoms with Gasteiger partial charge in [-0.2, -0.15) is 13.5 Å². The number of aliphatic hydroxyl groups excluding tert-OH is 1. The molecular formula is C12H16N4O4S. The Morgan fingerprint density at radius 2 is 2.19 bits per heavy atom. The van der Waals surface area contributed by atoms with E-state index in [0.29, 0.717) is 18.2 Å². The molecule has 3 N–H and O–H groups in total. The lowest BCUT2D eigenvalue weighted by Crippen LogP contribution is -2.15. The van der Waals surface area contributed by atoms with Gasteiger partial charge in [0.2, 0.25) is 10.9 Å². The van der Waals surface area contributed by atoms with E-state index in [0.717, 1.165) is 0 Å². The third-order valence-corrected chi connectivity index (χ3v) is 4.08. The molecule has 0 spiro atoms. The van der Waals surface area contributed by atoms with Crippen molar-refractivity contribution in [3.8, 4) is 5.88 Å². The molecule has 0 unspecified atom stereocenters. The van der Waals surface area contributed by atoms with Crippen LogP contribution in [0.25, 0.3) is 0 Å². The number of aliphatic hydroxyl groups is 1. The fourth-order valence-corrected chi connectivity index (χ4v) is 2.95. The second-order valence-corrected chi connectivity index (χ2v) is 5.81. The zero-order chi connectivity index (χ0) is 15.5. The van der Waals surface area contributed by atoms with Gasteiger partial charge in [-0.05, 0) is 19.9 Å². The number of H-pyrrole nitrogens is 1. The maximum Gasteiger partial charge on any atom is 0.281 e. The van der Waals surface area contributed by atoms with E-state index in [1.165, 1.54) is 12.3 Å². The molecule has 21 heavy (non-hydrogen) atoms. The normalized spacial score (nSPS) is 11.4. The lowest BCUT2D eigenvalue weighted by molar-refractivity contribution is 0.277. The molecule has 0 aliphatic rings. The molecule has 0 bridgehead atoms. The molecule has 0 radical (unpaired) electrons. The summed E-state index contributed by atoms with van der Waals surface area (Å²) < 4.78 is 32.0. The van der Waals surface area contributed by atoms with Crippen LogP contribution in [-0.4, -0.2) is 35.3 Å². The molecule has 9 heteroatoms. The Morgan fingerprint density at radius 3 is 2.76 bits per heavy atom. The van der Waals surface area contributed by atoms with Gasteiger partial charge in [0.25, 0.3) is 10.0 Å². The Morgan fingerprint density at radius 1 is 1.43 bits per heavy atom. The molecule has 114 valence electrons. The van der Waals surface area contributed by atoms with Crippen molar-refractivity contribution >= 4 is 15.7 Å². The van der Waals surface area contributed by atoms with E-state index in [9.17, 15) is 13.5 Å². The molecule has 0 fully saturated rings. The van der Waals surface area contributed by atoms with Crippen molar-refractivity contribution in [1.82, 2.24) is 15.2 Å². The number of sulfonamides is 1. The van der Waals surface area contributed by atoms with E-state index < -0.39 is 16.6 Å². The van der Waals surface area contributed by atoms with Crippen LogP contribution in [-0.2, 0) is 16.6 Å². The first-order valence-corrected chi connectivity index (χ1v) is 7.72. The highest BCUT2D eigenvalue weighted by Gasteiger charge is 2.23. The summed E-state index contributed by atoms with van der Waals surface area (Å²) in [5.41, 5.74) is 1.02. The minimum atomic E-state index is -3.89. The lowest BCUT2D eigenvalue weighted by Gasteiger charge is -2.08. The van der Waals surface area contributed by atoms with Crippen LogP contribution in [0.4, 0.5) is 5.69 Å². The summed E-state index contributed by atoms with van der Waals surface area (Å²) in [5.74, 6) is 0.409. The van der Waals surface area contributed by atoms with Gasteiger partial charge in [0.15, 0.2) is 0 Å². The number of aryl methyl sites for hydroxylation is 1. The predicted molar refractivity (Wildman–Crippen MR) is 75.5 cm³/mol. The summed E-state index contributed by atoms with van der Waals surface area (Å²) in [7, 11) is -3.89. The monoisotopic (exact) mass is 312 g/mol. The van der Waals surface area contributed by atoms with Gasteiger partial charge in [0.1, 0.15) is 0 Å². The van der Waals surface area contributed by atoms with E-state index in [1.807, 2.05) is 6.92 Å². The third kappa shape index (κ3) is 3.31. The zero-order valence-electron chi connectivity index (χ0n) is 11.6. The highest BCUT2D eigenvalue weighted by Crippen LogP contribution is 2.20. The Hall–Kier alpha value is -2.13. The summed E-state index contributed by atoms with van der Waals surface area (Å²) in [6.45, 7) is 3.52. The first-order chi connectivity index (χ1) is 9.97. The van der Waals surface area contributed by atoms with Crippen LogP contribution in [0, 0.1) is 6.92 Å². The lowest BCUT2D eigenvalue weighted by atomic mass is 10.3. The molecule has 0 saturated heterocycles. The number of nitrogens with one attached hydrogen (secondary N) is 2. The Labute approximate surface area is 122 Å². The molecule has 8 nitrogen and oxygen atoms in total. The van der Waals surface area contributed by atoms with Gasteiger partial charge in [-0.25, -0.2) is 4.98 Å². The van der Waals surface area contributed by atoms with Gasteiger partial charge in [-0.15, -0.1) is 0 Å². The minimum absolute atomic E-state index is 0.226. The first-order valence-electron chi connectivity index (χ1n) is 6.24. The van der Waals surface area contributed by atoms with Crippen LogP contribution in [0.1, 0.15) is 18.2 Å². The Bertz CT molecular complexity index is 709. The highest BCUT2D eigenvalue weighted by molar-refractivity contribution is 7.92. The maximum atomic E-state index is 12.2. The molecule has 2 heterocycles. The van der Waals surface area contributed by atoms with Crippen LogP contribution < -0.4 is 9.46 Å². The minimum Gasteiger partial charge on any atom is -0.478 e. The summed E-state index contributed by atoms with van der Waals surface area (Å²) in [6, 6.07) is 3.10. The van der Waals surface area contributed by atoms with Gasteiger partial charge in [0, 0.05) is 17.3 Å². The van der Waals surface area contributed by atoms with Crippen molar-refractivity contribution in [3.63, 3.8) is 0 Å². The number of nitrogens with zero attached hydrogens (tertiary/aromatic N) is 2. The molecule has 0 aliphatic heterocycles. The summed E-state index contributed by atoms with van der Waals surface area (Å²) in [4.78, 5) is 3.97. The number of pyridine rings is 1. The fourth-order valence-electron chi connectivity index (χ4n) is 1.72. The topological polar surface area (TPSA) is 117 Å². The molecule has 0 aliphatic carbocycles. The highest BCUT2D eigenvalue weighted by atomic mass is 32.2. The van der Waals surface area contributed by atoms with Crippen molar-refractivity contribution in [2.24, 2.45) is 0 Å². The van der Waals surface area contributed by atoms with Crippen molar-refractivity contribution in [1.29, 1.82) is 0 Å². The number of ether oxygens (including phenoxy) is 1. The van der Waals surface area contributed by atoms with Crippen molar-refractivity contribution < 1.29 is 18.3 Å². The van der Waals surface area contributed by atoms with E-state index in [-0.39, 0.29) is 16.3 Å². The van der Waals surface area contributed by atoms with E-state index in [2.05, 4.69) is 19.9 Å². The van der Waals surface area contributed by atoms with Gasteiger partial charge in [-0.1, -0.05) is 0 Å². The smallest absolute Gasteiger partial charge is 0.281 e. The number of hydrogen-bond acceptors (Lipinski definition) is 6. The van der Waals surface area contributed by atoms with Gasteiger partial charge < -0.3 is 9.84 Å². The summed E-state index contributed by atoms with van der Waals surface area (Å²) in [5, 5.41) is 15.3. The van der Waals surface area contributed by atoms with E-state index >= 15 is 0 Å². The van der Waals surface area contributed by atoms with E-state index in [4.69, 9.17) is 4.74 Å². The van der Waals surface area contributed by atoms with Crippen LogP contribution in [0.2, 0.25) is 0 Å². The average molecular weight is 312 g/mol. The van der Waals surface area contributed by atoms with Crippen LogP contribution in [0.15, 0.2) is 23.4 Å². The molecule has 0 amide bonds. The van der Waals surface area contributed by atoms with Gasteiger partial charge >= 0.3 is 0 Å². The second-order valence-electron chi connectivity index (χ2n) is 4.21. The number of aromatic amines is 1. The summed E-state index contributed by atoms with van der Waals surface area (Å²) in [6.07, 6.45) is 1.35. The fraction of sp³-hybridized carbons (Fsp3) is 0.333. The molecule has 2 aromatic rings. The van der Waals surface area contributed by atoms with Gasteiger partial charge in [0.05, 0.1) is 25.1 Å². The number of rotatable bonds is 6. The van der Waals surface area contributed by atoms with Crippen molar-refractivity contribution in [3.05, 3.63) is 29.6 Å². The zero-order valence-corrected chi connectivity index (χ0v) is 12.4. The molecule has 2 aromatic heterocycles. The number of anilines is 1. The molecule has 0 atom stereocenters. The van der Waals surface area contributed by atoms with Crippen LogP contribution >= 0.6 is 0 Å². The largest absolute Gasteiger partial charge is 0.478 e. The first kappa shape index (κ1) is 15.3. The van der Waals surface area contributed by atoms with Crippen LogP contribution in [0.5, 0.6) is 5.88 Å². The number of hydrogen-bond donors (Lipinski definition) is 3. The SMILES string of the molecule is CCOc1ccc(NS(=O)(=O)c2n[nH]c(C)c2CO)cn1. The molecule has 2 rings (SSSR count). The average Bonchev–Trinajstić information content (AvgIpc) is 2.83. The Balaban J connectivity index is 2.24. The quantitative estimate of drug-likeness (QED) is 0.726. The van der Waals surface area contributed by atoms with Crippen molar-refractivity contribution in [2.75, 3.05) is 11.3 Å². The van der Waals surface area contributed by atoms with Gasteiger partial charge in [-0.3, -0.25) is 9.82 Å². The third-order valence-electron chi connectivity index (χ3n) is 2.73. The molecule has 0 aromatic carbocycles. The molecular weight excluding hydrogens is 296 g/mol. The summed E-state index contributed by atoms with van der Waals surface area (Å²) >= 11 is 0. The Kier molecular flexibility index (Phi) is 4.43.